The van der Waals surface area contributed by atoms with Crippen LogP contribution in [0.3, 0.4) is 0 Å². The van der Waals surface area contributed by atoms with E-state index in [0.717, 1.165) is 25.7 Å². The summed E-state index contributed by atoms with van der Waals surface area (Å²) in [5.41, 5.74) is 0. The summed E-state index contributed by atoms with van der Waals surface area (Å²) in [6.45, 7) is 8.80. The summed E-state index contributed by atoms with van der Waals surface area (Å²) in [5.74, 6) is 0. The van der Waals surface area contributed by atoms with Gasteiger partial charge in [0, 0.05) is 25.7 Å². The monoisotopic (exact) mass is 228 g/mol. The van der Waals surface area contributed by atoms with Crippen LogP contribution >= 0.6 is 0 Å². The molecule has 1 aliphatic rings. The smallest absolute Gasteiger partial charge is 0.0630 e. The molecule has 96 valence electrons. The second-order valence-corrected chi connectivity index (χ2v) is 4.76. The van der Waals surface area contributed by atoms with E-state index in [-0.39, 0.29) is 0 Å². The first-order valence-electron chi connectivity index (χ1n) is 6.78. The number of likely N-dealkylation sites (tertiary alicyclic amines) is 1. The van der Waals surface area contributed by atoms with E-state index in [2.05, 4.69) is 24.1 Å². The van der Waals surface area contributed by atoms with Gasteiger partial charge >= 0.3 is 0 Å². The van der Waals surface area contributed by atoms with E-state index in [0.29, 0.717) is 6.04 Å². The van der Waals surface area contributed by atoms with Crippen molar-refractivity contribution in [3.05, 3.63) is 0 Å². The summed E-state index contributed by atoms with van der Waals surface area (Å²) in [4.78, 5) is 2.64. The summed E-state index contributed by atoms with van der Waals surface area (Å²) < 4.78 is 5.36. The minimum Gasteiger partial charge on any atom is -0.383 e. The van der Waals surface area contributed by atoms with E-state index in [9.17, 15) is 0 Å². The van der Waals surface area contributed by atoms with Crippen molar-refractivity contribution in [3.8, 4) is 0 Å². The molecule has 0 amide bonds. The third-order valence-electron chi connectivity index (χ3n) is 3.53. The first-order chi connectivity index (χ1) is 7.83. The number of hydrogen-bond donors (Lipinski definition) is 1. The van der Waals surface area contributed by atoms with Gasteiger partial charge in [-0.25, -0.2) is 0 Å². The molecule has 3 nitrogen and oxygen atoms in total. The van der Waals surface area contributed by atoms with E-state index in [4.69, 9.17) is 4.74 Å². The number of ether oxygens (including phenoxy) is 1. The molecule has 0 aliphatic carbocycles. The van der Waals surface area contributed by atoms with Crippen LogP contribution in [-0.4, -0.2) is 50.3 Å². The van der Waals surface area contributed by atoms with E-state index >= 15 is 0 Å². The maximum Gasteiger partial charge on any atom is 0.0630 e. The largest absolute Gasteiger partial charge is 0.383 e. The van der Waals surface area contributed by atoms with Gasteiger partial charge in [0.1, 0.15) is 0 Å². The van der Waals surface area contributed by atoms with E-state index in [1.807, 2.05) is 7.11 Å². The predicted molar refractivity (Wildman–Crippen MR) is 68.8 cm³/mol. The average molecular weight is 228 g/mol. The first-order valence-corrected chi connectivity index (χ1v) is 6.78. The second kappa shape index (κ2) is 8.04. The number of nitrogens with one attached hydrogen (secondary N) is 1. The zero-order valence-corrected chi connectivity index (χ0v) is 11.2. The highest BCUT2D eigenvalue weighted by Crippen LogP contribution is 2.22. The molecule has 0 bridgehead atoms. The number of methoxy groups -OCH3 is 1. The van der Waals surface area contributed by atoms with Crippen molar-refractivity contribution in [3.63, 3.8) is 0 Å². The quantitative estimate of drug-likeness (QED) is 0.642. The van der Waals surface area contributed by atoms with Crippen molar-refractivity contribution >= 4 is 0 Å². The van der Waals surface area contributed by atoms with E-state index in [1.165, 1.54) is 32.2 Å². The third kappa shape index (κ3) is 4.04. The van der Waals surface area contributed by atoms with Crippen molar-refractivity contribution in [2.45, 2.75) is 51.6 Å². The molecule has 0 spiro atoms. The molecular formula is C13H28N2O. The fraction of sp³-hybridized carbons (Fsp3) is 1.00. The topological polar surface area (TPSA) is 24.5 Å². The Morgan fingerprint density at radius 1 is 1.44 bits per heavy atom. The Labute approximate surface area is 101 Å². The maximum absolute atomic E-state index is 5.36. The first kappa shape index (κ1) is 13.9. The summed E-state index contributed by atoms with van der Waals surface area (Å²) in [5, 5.41) is 3.52. The standard InChI is InChI=1S/C13H28N2O/c1-4-8-14-10-13(11-16-3)15-9-6-7-12(15)5-2/h12-14H,4-11H2,1-3H3. The van der Waals surface area contributed by atoms with Gasteiger partial charge < -0.3 is 10.1 Å². The minimum atomic E-state index is 0.559. The summed E-state index contributed by atoms with van der Waals surface area (Å²) in [6, 6.07) is 1.34. The van der Waals surface area contributed by atoms with Gasteiger partial charge in [-0.3, -0.25) is 4.90 Å². The van der Waals surface area contributed by atoms with Crippen molar-refractivity contribution < 1.29 is 4.74 Å². The molecule has 1 aliphatic heterocycles. The molecule has 0 saturated carbocycles. The molecule has 0 radical (unpaired) electrons. The molecule has 16 heavy (non-hydrogen) atoms. The van der Waals surface area contributed by atoms with E-state index < -0.39 is 0 Å². The zero-order valence-electron chi connectivity index (χ0n) is 11.2. The zero-order chi connectivity index (χ0) is 11.8. The molecule has 1 heterocycles. The van der Waals surface area contributed by atoms with Gasteiger partial charge in [0.25, 0.3) is 0 Å². The molecule has 1 N–H and O–H groups in total. The van der Waals surface area contributed by atoms with Crippen LogP contribution < -0.4 is 5.32 Å². The van der Waals surface area contributed by atoms with Gasteiger partial charge in [0.05, 0.1) is 6.61 Å². The SMILES string of the molecule is CCCNCC(COC)N1CCCC1CC. The normalized spacial score (nSPS) is 23.8. The van der Waals surface area contributed by atoms with Crippen molar-refractivity contribution in [2.75, 3.05) is 33.4 Å². The lowest BCUT2D eigenvalue weighted by Gasteiger charge is -2.32. The molecule has 3 heteroatoms. The lowest BCUT2D eigenvalue weighted by molar-refractivity contribution is 0.0801. The Hall–Kier alpha value is -0.120. The van der Waals surface area contributed by atoms with Crippen LogP contribution in [0.1, 0.15) is 39.5 Å². The number of hydrogen-bond acceptors (Lipinski definition) is 3. The van der Waals surface area contributed by atoms with Crippen LogP contribution in [0.5, 0.6) is 0 Å². The predicted octanol–water partition coefficient (Wildman–Crippen LogP) is 1.88. The highest BCUT2D eigenvalue weighted by Gasteiger charge is 2.28. The number of rotatable bonds is 8. The van der Waals surface area contributed by atoms with Crippen molar-refractivity contribution in [2.24, 2.45) is 0 Å². The van der Waals surface area contributed by atoms with Crippen LogP contribution in [0.25, 0.3) is 0 Å². The fourth-order valence-electron chi connectivity index (χ4n) is 2.69. The average Bonchev–Trinajstić information content (AvgIpc) is 2.76. The summed E-state index contributed by atoms with van der Waals surface area (Å²) >= 11 is 0. The number of nitrogens with zero attached hydrogens (tertiary/aromatic N) is 1. The van der Waals surface area contributed by atoms with Crippen LogP contribution in [-0.2, 0) is 4.74 Å². The van der Waals surface area contributed by atoms with Crippen molar-refractivity contribution in [1.82, 2.24) is 10.2 Å². The van der Waals surface area contributed by atoms with Gasteiger partial charge in [-0.1, -0.05) is 13.8 Å². The Morgan fingerprint density at radius 3 is 2.88 bits per heavy atom. The second-order valence-electron chi connectivity index (χ2n) is 4.76. The van der Waals surface area contributed by atoms with E-state index in [1.54, 1.807) is 0 Å². The lowest BCUT2D eigenvalue weighted by atomic mass is 10.1. The fourth-order valence-corrected chi connectivity index (χ4v) is 2.69. The van der Waals surface area contributed by atoms with Crippen LogP contribution in [0, 0.1) is 0 Å². The minimum absolute atomic E-state index is 0.559. The molecule has 0 aromatic heterocycles. The van der Waals surface area contributed by atoms with Crippen LogP contribution in [0.2, 0.25) is 0 Å². The maximum atomic E-state index is 5.36. The van der Waals surface area contributed by atoms with Crippen LogP contribution in [0.4, 0.5) is 0 Å². The van der Waals surface area contributed by atoms with Gasteiger partial charge in [-0.2, -0.15) is 0 Å². The van der Waals surface area contributed by atoms with Gasteiger partial charge in [0.15, 0.2) is 0 Å². The van der Waals surface area contributed by atoms with Crippen molar-refractivity contribution in [1.29, 1.82) is 0 Å². The van der Waals surface area contributed by atoms with Gasteiger partial charge in [-0.15, -0.1) is 0 Å². The molecule has 0 aromatic rings. The van der Waals surface area contributed by atoms with Gasteiger partial charge in [0.2, 0.25) is 0 Å². The third-order valence-corrected chi connectivity index (χ3v) is 3.53. The molecular weight excluding hydrogens is 200 g/mol. The highest BCUT2D eigenvalue weighted by atomic mass is 16.5. The summed E-state index contributed by atoms with van der Waals surface area (Å²) in [6.07, 6.45) is 5.20. The Morgan fingerprint density at radius 2 is 2.25 bits per heavy atom. The Balaban J connectivity index is 2.40. The highest BCUT2D eigenvalue weighted by molar-refractivity contribution is 4.85. The lowest BCUT2D eigenvalue weighted by Crippen LogP contribution is -2.47. The molecule has 2 atom stereocenters. The molecule has 1 saturated heterocycles. The molecule has 1 rings (SSSR count). The summed E-state index contributed by atoms with van der Waals surface area (Å²) in [7, 11) is 1.81. The molecule has 0 aromatic carbocycles. The Kier molecular flexibility index (Phi) is 7.01. The van der Waals surface area contributed by atoms with Gasteiger partial charge in [-0.05, 0) is 38.8 Å². The Bertz CT molecular complexity index is 175. The van der Waals surface area contributed by atoms with Crippen LogP contribution in [0.15, 0.2) is 0 Å². The molecule has 2 unspecified atom stereocenters. The molecule has 1 fully saturated rings.